The maximum atomic E-state index is 11.9. The Balaban J connectivity index is 1.90. The third-order valence-electron chi connectivity index (χ3n) is 3.55. The molecule has 126 valence electrons. The molecule has 10 nitrogen and oxygen atoms in total. The van der Waals surface area contributed by atoms with Gasteiger partial charge in [-0.15, -0.1) is 0 Å². The molecule has 2 aliphatic heterocycles. The molecule has 0 unspecified atom stereocenters. The second-order valence-corrected chi connectivity index (χ2v) is 5.82. The molecular formula is C13H17N3O7. The average Bonchev–Trinajstić information content (AvgIpc) is 2.90. The van der Waals surface area contributed by atoms with Crippen LogP contribution in [0.4, 0.5) is 0 Å². The third kappa shape index (κ3) is 3.05. The van der Waals surface area contributed by atoms with Crippen molar-refractivity contribution in [3.8, 4) is 0 Å². The van der Waals surface area contributed by atoms with Crippen LogP contribution >= 0.6 is 0 Å². The summed E-state index contributed by atoms with van der Waals surface area (Å²) in [5.41, 5.74) is -1.33. The highest BCUT2D eigenvalue weighted by Gasteiger charge is 2.56. The van der Waals surface area contributed by atoms with Crippen molar-refractivity contribution in [3.05, 3.63) is 27.0 Å². The van der Waals surface area contributed by atoms with Gasteiger partial charge in [-0.3, -0.25) is 14.6 Å². The van der Waals surface area contributed by atoms with E-state index in [4.69, 9.17) is 18.9 Å². The van der Waals surface area contributed by atoms with Gasteiger partial charge in [-0.05, 0) is 13.8 Å². The first-order chi connectivity index (χ1) is 10.8. The van der Waals surface area contributed by atoms with Gasteiger partial charge < -0.3 is 18.9 Å². The summed E-state index contributed by atoms with van der Waals surface area (Å²) in [5.74, 6) is -1.33. The zero-order valence-electron chi connectivity index (χ0n) is 12.8. The van der Waals surface area contributed by atoms with Gasteiger partial charge in [0.25, 0.3) is 5.56 Å². The highest BCUT2D eigenvalue weighted by Crippen LogP contribution is 2.42. The molecule has 23 heavy (non-hydrogen) atoms. The van der Waals surface area contributed by atoms with E-state index in [2.05, 4.69) is 10.1 Å². The van der Waals surface area contributed by atoms with E-state index in [1.807, 2.05) is 0 Å². The number of nitrogens with zero attached hydrogens (tertiary/aromatic N) is 2. The number of carbonyl (C=O) groups is 1. The van der Waals surface area contributed by atoms with Crippen LogP contribution in [0.2, 0.25) is 0 Å². The van der Waals surface area contributed by atoms with E-state index in [1.165, 1.54) is 6.92 Å². The third-order valence-corrected chi connectivity index (χ3v) is 3.55. The molecule has 2 fully saturated rings. The standard InChI is InChI=1S/C13H17N3O7/c1-6(17)20-5-7-9-10(23-13(2,3)22-9)11(21-7)16-12(19)15-8(18)4-14-16/h4,7,9-11H,5H2,1-3H3,(H,15,18,19)/t7-,9-,10-,11-/m1/s1. The number of hydrogen-bond acceptors (Lipinski definition) is 8. The topological polar surface area (TPSA) is 122 Å². The number of esters is 1. The van der Waals surface area contributed by atoms with Crippen molar-refractivity contribution in [2.24, 2.45) is 0 Å². The molecule has 0 bridgehead atoms. The Bertz CT molecular complexity index is 725. The minimum Gasteiger partial charge on any atom is -0.463 e. The second-order valence-electron chi connectivity index (χ2n) is 5.82. The lowest BCUT2D eigenvalue weighted by atomic mass is 10.1. The zero-order valence-corrected chi connectivity index (χ0v) is 12.8. The Labute approximate surface area is 130 Å². The smallest absolute Gasteiger partial charge is 0.347 e. The van der Waals surface area contributed by atoms with Gasteiger partial charge in [0.15, 0.2) is 12.0 Å². The highest BCUT2D eigenvalue weighted by molar-refractivity contribution is 5.65. The highest BCUT2D eigenvalue weighted by atomic mass is 16.8. The number of nitrogens with one attached hydrogen (secondary N) is 1. The predicted molar refractivity (Wildman–Crippen MR) is 73.5 cm³/mol. The lowest BCUT2D eigenvalue weighted by Gasteiger charge is -2.24. The van der Waals surface area contributed by atoms with Crippen molar-refractivity contribution in [2.45, 2.75) is 51.1 Å². The van der Waals surface area contributed by atoms with Crippen LogP contribution in [0.3, 0.4) is 0 Å². The normalized spacial score (nSPS) is 31.8. The molecule has 2 saturated heterocycles. The largest absolute Gasteiger partial charge is 0.463 e. The van der Waals surface area contributed by atoms with Crippen molar-refractivity contribution < 1.29 is 23.7 Å². The number of ether oxygens (including phenoxy) is 4. The van der Waals surface area contributed by atoms with Crippen LogP contribution in [0.15, 0.2) is 15.8 Å². The van der Waals surface area contributed by atoms with Gasteiger partial charge in [0.05, 0.1) is 0 Å². The fourth-order valence-electron chi connectivity index (χ4n) is 2.73. The lowest BCUT2D eigenvalue weighted by Crippen LogP contribution is -2.39. The maximum absolute atomic E-state index is 11.9. The minimum atomic E-state index is -0.897. The summed E-state index contributed by atoms with van der Waals surface area (Å²) in [6, 6.07) is 0. The summed E-state index contributed by atoms with van der Waals surface area (Å²) in [6.07, 6.45) is -1.69. The molecule has 0 spiro atoms. The Hall–Kier alpha value is -2.04. The Morgan fingerprint density at radius 1 is 1.39 bits per heavy atom. The van der Waals surface area contributed by atoms with Crippen LogP contribution in [-0.2, 0) is 23.7 Å². The molecular weight excluding hydrogens is 310 g/mol. The quantitative estimate of drug-likeness (QED) is 0.695. The van der Waals surface area contributed by atoms with Gasteiger partial charge in [-0.2, -0.15) is 9.78 Å². The van der Waals surface area contributed by atoms with E-state index in [9.17, 15) is 14.4 Å². The fourth-order valence-corrected chi connectivity index (χ4v) is 2.73. The van der Waals surface area contributed by atoms with Crippen LogP contribution in [0.1, 0.15) is 27.0 Å². The van der Waals surface area contributed by atoms with Crippen LogP contribution in [0, 0.1) is 0 Å². The summed E-state index contributed by atoms with van der Waals surface area (Å²) in [5, 5.41) is 3.79. The van der Waals surface area contributed by atoms with E-state index < -0.39 is 47.5 Å². The van der Waals surface area contributed by atoms with Crippen molar-refractivity contribution in [3.63, 3.8) is 0 Å². The average molecular weight is 327 g/mol. The van der Waals surface area contributed by atoms with Crippen molar-refractivity contribution in [1.82, 2.24) is 14.8 Å². The molecule has 4 atom stereocenters. The van der Waals surface area contributed by atoms with E-state index in [1.54, 1.807) is 13.8 Å². The molecule has 1 aromatic rings. The SMILES string of the molecule is CC(=O)OC[C@H]1O[C@@H](n2ncc(=O)[nH]c2=O)[C@@H]2OC(C)(C)O[C@@H]21. The monoisotopic (exact) mass is 327 g/mol. The first kappa shape index (κ1) is 15.8. The number of carbonyl (C=O) groups excluding carboxylic acids is 1. The van der Waals surface area contributed by atoms with Gasteiger partial charge in [-0.25, -0.2) is 4.79 Å². The van der Waals surface area contributed by atoms with Crippen LogP contribution in [0.25, 0.3) is 0 Å². The molecule has 3 rings (SSSR count). The van der Waals surface area contributed by atoms with E-state index in [-0.39, 0.29) is 6.61 Å². The molecule has 1 N–H and O–H groups in total. The maximum Gasteiger partial charge on any atom is 0.347 e. The molecule has 0 aromatic carbocycles. The van der Waals surface area contributed by atoms with Crippen molar-refractivity contribution >= 4 is 5.97 Å². The second kappa shape index (κ2) is 5.55. The number of H-pyrrole nitrogens is 1. The first-order valence-electron chi connectivity index (χ1n) is 7.09. The summed E-state index contributed by atoms with van der Waals surface area (Å²) in [4.78, 5) is 36.2. The van der Waals surface area contributed by atoms with E-state index in [0.717, 1.165) is 10.9 Å². The molecule has 10 heteroatoms. The molecule has 0 saturated carbocycles. The van der Waals surface area contributed by atoms with Gasteiger partial charge in [0.2, 0.25) is 0 Å². The minimum absolute atomic E-state index is 0.0372. The number of hydrogen-bond donors (Lipinski definition) is 1. The van der Waals surface area contributed by atoms with Crippen LogP contribution in [-0.4, -0.2) is 51.4 Å². The Morgan fingerprint density at radius 3 is 2.74 bits per heavy atom. The van der Waals surface area contributed by atoms with E-state index in [0.29, 0.717) is 0 Å². The lowest BCUT2D eigenvalue weighted by molar-refractivity contribution is -0.204. The number of aromatic amines is 1. The molecule has 1 aromatic heterocycles. The number of rotatable bonds is 3. The molecule has 3 heterocycles. The van der Waals surface area contributed by atoms with Gasteiger partial charge in [-0.1, -0.05) is 0 Å². The molecule has 0 radical (unpaired) electrons. The summed E-state index contributed by atoms with van der Waals surface area (Å²) in [6.45, 7) is 4.71. The van der Waals surface area contributed by atoms with Crippen LogP contribution in [0.5, 0.6) is 0 Å². The summed E-state index contributed by atoms with van der Waals surface area (Å²) in [7, 11) is 0. The van der Waals surface area contributed by atoms with Crippen LogP contribution < -0.4 is 11.2 Å². The molecule has 0 amide bonds. The Kier molecular flexibility index (Phi) is 3.82. The fraction of sp³-hybridized carbons (Fsp3) is 0.692. The Morgan fingerprint density at radius 2 is 2.09 bits per heavy atom. The first-order valence-corrected chi connectivity index (χ1v) is 7.09. The number of aromatic nitrogens is 3. The zero-order chi connectivity index (χ0) is 16.8. The van der Waals surface area contributed by atoms with E-state index >= 15 is 0 Å². The number of fused-ring (bicyclic) bond motifs is 1. The predicted octanol–water partition coefficient (Wildman–Crippen LogP) is -1.09. The summed E-state index contributed by atoms with van der Waals surface area (Å²) < 4.78 is 23.2. The van der Waals surface area contributed by atoms with Gasteiger partial charge in [0.1, 0.15) is 31.1 Å². The van der Waals surface area contributed by atoms with Crippen molar-refractivity contribution in [1.29, 1.82) is 0 Å². The molecule has 0 aliphatic carbocycles. The summed E-state index contributed by atoms with van der Waals surface area (Å²) >= 11 is 0. The van der Waals surface area contributed by atoms with Crippen molar-refractivity contribution in [2.75, 3.05) is 6.61 Å². The molecule has 2 aliphatic rings. The van der Waals surface area contributed by atoms with Gasteiger partial charge in [0, 0.05) is 6.92 Å². The van der Waals surface area contributed by atoms with Gasteiger partial charge >= 0.3 is 11.7 Å².